The van der Waals surface area contributed by atoms with Gasteiger partial charge in [0.15, 0.2) is 0 Å². The van der Waals surface area contributed by atoms with E-state index in [9.17, 15) is 5.26 Å². The summed E-state index contributed by atoms with van der Waals surface area (Å²) < 4.78 is 8.31. The van der Waals surface area contributed by atoms with Crippen molar-refractivity contribution in [2.24, 2.45) is 0 Å². The van der Waals surface area contributed by atoms with Crippen molar-refractivity contribution < 1.29 is 4.42 Å². The molecule has 5 heteroatoms. The Hall–Kier alpha value is -4.69. The Morgan fingerprint density at radius 3 is 1.92 bits per heavy atom. The van der Waals surface area contributed by atoms with Crippen LogP contribution in [0.25, 0.3) is 55.8 Å². The summed E-state index contributed by atoms with van der Waals surface area (Å²) in [6.45, 7) is 5.22. The van der Waals surface area contributed by atoms with Gasteiger partial charge >= 0.3 is 0 Å². The molecule has 186 valence electrons. The fourth-order valence-corrected chi connectivity index (χ4v) is 5.15. The third-order valence-corrected chi connectivity index (χ3v) is 7.22. The van der Waals surface area contributed by atoms with Gasteiger partial charge in [0.1, 0.15) is 0 Å². The van der Waals surface area contributed by atoms with Crippen LogP contribution in [0.2, 0.25) is 0 Å². The molecule has 0 aliphatic rings. The van der Waals surface area contributed by atoms with Crippen molar-refractivity contribution in [2.45, 2.75) is 39.7 Å². The van der Waals surface area contributed by atoms with Crippen molar-refractivity contribution in [1.29, 1.82) is 5.26 Å². The number of rotatable bonds is 7. The summed E-state index contributed by atoms with van der Waals surface area (Å²) in [6.07, 6.45) is 3.47. The zero-order valence-corrected chi connectivity index (χ0v) is 21.6. The molecule has 0 N–H and O–H groups in total. The lowest BCUT2D eigenvalue weighted by Gasteiger charge is -2.05. The molecule has 6 aromatic rings. The van der Waals surface area contributed by atoms with E-state index in [4.69, 9.17) is 4.42 Å². The number of hydrogen-bond acceptors (Lipinski definition) is 4. The number of nitriles is 1. The van der Waals surface area contributed by atoms with Crippen LogP contribution in [0, 0.1) is 11.3 Å². The summed E-state index contributed by atoms with van der Waals surface area (Å²) >= 11 is 0. The summed E-state index contributed by atoms with van der Waals surface area (Å²) in [5.74, 6) is 1.03. The molecule has 2 heterocycles. The Bertz CT molecular complexity index is 1780. The molecule has 4 aromatic carbocycles. The smallest absolute Gasteiger partial charge is 0.248 e. The number of fused-ring (bicyclic) bond motifs is 3. The lowest BCUT2D eigenvalue weighted by molar-refractivity contribution is 0.584. The normalized spacial score (nSPS) is 11.3. The number of nitrogens with zero attached hydrogens (tertiary/aromatic N) is 4. The molecule has 38 heavy (non-hydrogen) atoms. The number of benzene rings is 4. The van der Waals surface area contributed by atoms with Crippen LogP contribution in [0.1, 0.15) is 37.8 Å². The summed E-state index contributed by atoms with van der Waals surface area (Å²) in [5, 5.41) is 20.3. The first-order valence-corrected chi connectivity index (χ1v) is 13.2. The summed E-state index contributed by atoms with van der Waals surface area (Å²) in [6, 6.07) is 31.3. The Kier molecular flexibility index (Phi) is 6.23. The van der Waals surface area contributed by atoms with Crippen molar-refractivity contribution >= 4 is 21.8 Å². The van der Waals surface area contributed by atoms with Gasteiger partial charge in [-0.25, -0.2) is 0 Å². The van der Waals surface area contributed by atoms with E-state index < -0.39 is 0 Å². The van der Waals surface area contributed by atoms with Crippen LogP contribution >= 0.6 is 0 Å². The van der Waals surface area contributed by atoms with Gasteiger partial charge in [0.25, 0.3) is 0 Å². The molecule has 0 aliphatic heterocycles. The number of aromatic nitrogens is 3. The van der Waals surface area contributed by atoms with Crippen molar-refractivity contribution in [3.05, 3.63) is 96.1 Å². The minimum atomic E-state index is 0.507. The third kappa shape index (κ3) is 4.25. The molecule has 0 saturated carbocycles. The van der Waals surface area contributed by atoms with Crippen LogP contribution in [0.15, 0.2) is 89.3 Å². The molecule has 0 fully saturated rings. The lowest BCUT2D eigenvalue weighted by atomic mass is 10.0. The predicted octanol–water partition coefficient (Wildman–Crippen LogP) is 8.41. The monoisotopic (exact) mass is 496 g/mol. The molecule has 0 spiro atoms. The molecule has 2 aromatic heterocycles. The maximum atomic E-state index is 9.42. The molecule has 0 atom stereocenters. The van der Waals surface area contributed by atoms with Crippen LogP contribution in [0.3, 0.4) is 0 Å². The van der Waals surface area contributed by atoms with E-state index in [0.717, 1.165) is 51.5 Å². The van der Waals surface area contributed by atoms with Gasteiger partial charge in [0.2, 0.25) is 11.8 Å². The maximum absolute atomic E-state index is 9.42. The number of hydrogen-bond donors (Lipinski definition) is 0. The van der Waals surface area contributed by atoms with Crippen molar-refractivity contribution in [1.82, 2.24) is 14.8 Å². The standard InChI is InChI=1S/C33H28N4O/c1-3-5-6-22-7-10-25(11-8-22)32-35-36-33(38-32)26-14-12-24(13-15-26)27-16-18-31-29(20-27)28-19-23(21-34)9-17-30(28)37(31)4-2/h7-20H,3-6H2,1-2H3. The van der Waals surface area contributed by atoms with Gasteiger partial charge in [-0.1, -0.05) is 43.7 Å². The zero-order valence-electron chi connectivity index (χ0n) is 21.6. The highest BCUT2D eigenvalue weighted by Gasteiger charge is 2.13. The molecule has 6 rings (SSSR count). The second-order valence-corrected chi connectivity index (χ2v) is 9.61. The van der Waals surface area contributed by atoms with Gasteiger partial charge < -0.3 is 8.98 Å². The van der Waals surface area contributed by atoms with E-state index in [1.54, 1.807) is 0 Å². The summed E-state index contributed by atoms with van der Waals surface area (Å²) in [4.78, 5) is 0. The zero-order chi connectivity index (χ0) is 26.1. The Balaban J connectivity index is 1.29. The van der Waals surface area contributed by atoms with Gasteiger partial charge in [-0.15, -0.1) is 10.2 Å². The fraction of sp³-hybridized carbons (Fsp3) is 0.182. The largest absolute Gasteiger partial charge is 0.416 e. The van der Waals surface area contributed by atoms with Gasteiger partial charge in [-0.05, 0) is 91.1 Å². The van der Waals surface area contributed by atoms with Gasteiger partial charge in [0.05, 0.1) is 11.6 Å². The Labute approximate surface area is 222 Å². The second-order valence-electron chi connectivity index (χ2n) is 9.61. The maximum Gasteiger partial charge on any atom is 0.248 e. The van der Waals surface area contributed by atoms with Crippen molar-refractivity contribution in [3.63, 3.8) is 0 Å². The topological polar surface area (TPSA) is 67.6 Å². The average molecular weight is 497 g/mol. The summed E-state index contributed by atoms with van der Waals surface area (Å²) in [5.41, 5.74) is 8.37. The molecular formula is C33H28N4O. The molecule has 0 bridgehead atoms. The van der Waals surface area contributed by atoms with Crippen LogP contribution < -0.4 is 0 Å². The van der Waals surface area contributed by atoms with Crippen LogP contribution in [0.5, 0.6) is 0 Å². The highest BCUT2D eigenvalue weighted by atomic mass is 16.4. The highest BCUT2D eigenvalue weighted by Crippen LogP contribution is 2.34. The molecule has 0 saturated heterocycles. The molecule has 0 unspecified atom stereocenters. The van der Waals surface area contributed by atoms with E-state index in [1.807, 2.05) is 30.3 Å². The minimum Gasteiger partial charge on any atom is -0.416 e. The Morgan fingerprint density at radius 2 is 1.29 bits per heavy atom. The average Bonchev–Trinajstić information content (AvgIpc) is 3.59. The first kappa shape index (κ1) is 23.7. The predicted molar refractivity (Wildman–Crippen MR) is 153 cm³/mol. The van der Waals surface area contributed by atoms with Gasteiger partial charge in [-0.3, -0.25) is 0 Å². The number of unbranched alkanes of at least 4 members (excludes halogenated alkanes) is 1. The molecule has 5 nitrogen and oxygen atoms in total. The summed E-state index contributed by atoms with van der Waals surface area (Å²) in [7, 11) is 0. The van der Waals surface area contributed by atoms with E-state index in [2.05, 4.69) is 89.3 Å². The first-order chi connectivity index (χ1) is 18.7. The Morgan fingerprint density at radius 1 is 0.711 bits per heavy atom. The molecular weight excluding hydrogens is 468 g/mol. The fourth-order valence-electron chi connectivity index (χ4n) is 5.15. The quantitative estimate of drug-likeness (QED) is 0.222. The van der Waals surface area contributed by atoms with Gasteiger partial charge in [0, 0.05) is 39.5 Å². The molecule has 0 radical (unpaired) electrons. The van der Waals surface area contributed by atoms with E-state index in [1.165, 1.54) is 23.9 Å². The minimum absolute atomic E-state index is 0.507. The van der Waals surface area contributed by atoms with E-state index >= 15 is 0 Å². The van der Waals surface area contributed by atoms with Crippen molar-refractivity contribution in [3.8, 4) is 40.1 Å². The number of aryl methyl sites for hydroxylation is 2. The third-order valence-electron chi connectivity index (χ3n) is 7.22. The molecule has 0 aliphatic carbocycles. The second kappa shape index (κ2) is 9.99. The lowest BCUT2D eigenvalue weighted by Crippen LogP contribution is -1.92. The van der Waals surface area contributed by atoms with Crippen LogP contribution in [-0.2, 0) is 13.0 Å². The van der Waals surface area contributed by atoms with E-state index in [-0.39, 0.29) is 0 Å². The molecule has 0 amide bonds. The van der Waals surface area contributed by atoms with Crippen molar-refractivity contribution in [2.75, 3.05) is 0 Å². The SMILES string of the molecule is CCCCc1ccc(-c2nnc(-c3ccc(-c4ccc5c(c4)c4cc(C#N)ccc4n5CC)cc3)o2)cc1. The van der Waals surface area contributed by atoms with Gasteiger partial charge in [-0.2, -0.15) is 5.26 Å². The van der Waals surface area contributed by atoms with E-state index in [0.29, 0.717) is 17.3 Å². The van der Waals surface area contributed by atoms with Crippen LogP contribution in [-0.4, -0.2) is 14.8 Å². The highest BCUT2D eigenvalue weighted by molar-refractivity contribution is 6.09. The first-order valence-electron chi connectivity index (χ1n) is 13.2. The van der Waals surface area contributed by atoms with Crippen LogP contribution in [0.4, 0.5) is 0 Å².